The third-order valence-corrected chi connectivity index (χ3v) is 13.3. The van der Waals surface area contributed by atoms with Crippen molar-refractivity contribution in [2.24, 2.45) is 5.92 Å². The van der Waals surface area contributed by atoms with Gasteiger partial charge >= 0.3 is 0 Å². The van der Waals surface area contributed by atoms with Gasteiger partial charge in [-0.25, -0.2) is 0 Å². The zero-order valence-electron chi connectivity index (χ0n) is 27.0. The van der Waals surface area contributed by atoms with Crippen molar-refractivity contribution in [2.45, 2.75) is 101 Å². The number of carbonyl (C=O) groups is 3. The van der Waals surface area contributed by atoms with Gasteiger partial charge in [0.15, 0.2) is 5.60 Å². The number of fused-ring (bicyclic) bond motifs is 2. The molecule has 8 nitrogen and oxygen atoms in total. The molecule has 1 spiro atoms. The molecule has 248 valence electrons. The van der Waals surface area contributed by atoms with Crippen LogP contribution in [0.15, 0.2) is 42.5 Å². The number of benzene rings is 2. The Hall–Kier alpha value is -2.79. The minimum Gasteiger partial charge on any atom is -0.394 e. The Bertz CT molecular complexity index is 1500. The van der Waals surface area contributed by atoms with Gasteiger partial charge in [0.2, 0.25) is 20.2 Å². The Morgan fingerprint density at radius 1 is 1.09 bits per heavy atom. The fourth-order valence-electron chi connectivity index (χ4n) is 8.46. The van der Waals surface area contributed by atoms with Crippen molar-refractivity contribution in [2.75, 3.05) is 29.5 Å². The van der Waals surface area contributed by atoms with Gasteiger partial charge in [-0.1, -0.05) is 43.5 Å². The lowest BCUT2D eigenvalue weighted by Gasteiger charge is -2.31. The van der Waals surface area contributed by atoms with Crippen molar-refractivity contribution in [1.29, 1.82) is 0 Å². The number of carbonyl (C=O) groups excluding carboxylic acids is 3. The molecule has 3 saturated heterocycles. The van der Waals surface area contributed by atoms with E-state index in [-0.39, 0.29) is 43.3 Å². The summed E-state index contributed by atoms with van der Waals surface area (Å²) in [5.74, 6) is -0.912. The summed E-state index contributed by atoms with van der Waals surface area (Å²) >= 11 is 6.53. The summed E-state index contributed by atoms with van der Waals surface area (Å²) in [6.45, 7) is 6.44. The lowest BCUT2D eigenvalue weighted by Crippen LogP contribution is -2.45. The summed E-state index contributed by atoms with van der Waals surface area (Å²) in [5, 5.41) is 10.3. The molecule has 2 aromatic rings. The average molecular weight is 670 g/mol. The highest BCUT2D eigenvalue weighted by atomic mass is 35.5. The molecule has 0 aromatic heterocycles. The number of rotatable bonds is 7. The predicted octanol–water partition coefficient (Wildman–Crippen LogP) is 6.33. The van der Waals surface area contributed by atoms with Crippen molar-refractivity contribution in [1.82, 2.24) is 4.90 Å². The molecule has 0 radical (unpaired) electrons. The van der Waals surface area contributed by atoms with Crippen molar-refractivity contribution in [3.8, 4) is 0 Å². The fraction of sp³-hybridized carbons (Fsp3) is 0.571. The molecule has 0 saturated carbocycles. The first-order valence-corrected chi connectivity index (χ1v) is 20.1. The highest BCUT2D eigenvalue weighted by molar-refractivity contribution is 6.72. The first kappa shape index (κ1) is 33.1. The molecule has 2 aromatic carbocycles. The highest BCUT2D eigenvalue weighted by Crippen LogP contribution is 2.60. The van der Waals surface area contributed by atoms with Crippen LogP contribution in [0.3, 0.4) is 0 Å². The molecule has 5 atom stereocenters. The van der Waals surface area contributed by atoms with E-state index in [9.17, 15) is 19.5 Å². The van der Waals surface area contributed by atoms with Gasteiger partial charge < -0.3 is 28.7 Å². The van der Waals surface area contributed by atoms with Gasteiger partial charge in [0.1, 0.15) is 0 Å². The van der Waals surface area contributed by atoms with E-state index in [2.05, 4.69) is 0 Å². The van der Waals surface area contributed by atoms with E-state index >= 15 is 4.11 Å². The maximum absolute atomic E-state index is 16.2. The van der Waals surface area contributed by atoms with Crippen molar-refractivity contribution in [3.05, 3.63) is 58.6 Å². The Morgan fingerprint density at radius 3 is 2.63 bits per heavy atom. The summed E-state index contributed by atoms with van der Waals surface area (Å²) in [7, 11) is -3.46. The largest absolute Gasteiger partial charge is 0.394 e. The van der Waals surface area contributed by atoms with Crippen LogP contribution < -0.4 is 9.80 Å². The number of nitrogens with zero attached hydrogens (tertiary/aromatic N) is 3. The van der Waals surface area contributed by atoms with E-state index in [0.29, 0.717) is 35.8 Å². The van der Waals surface area contributed by atoms with Crippen molar-refractivity contribution >= 4 is 49.1 Å². The van der Waals surface area contributed by atoms with Crippen LogP contribution >= 0.6 is 11.6 Å². The Morgan fingerprint density at radius 2 is 1.87 bits per heavy atom. The maximum Gasteiger partial charge on any atom is 0.264 e. The molecule has 6 rings (SSSR count). The molecule has 3 amide bonds. The first-order valence-electron chi connectivity index (χ1n) is 16.7. The third-order valence-electron chi connectivity index (χ3n) is 10.6. The van der Waals surface area contributed by atoms with Gasteiger partial charge in [-0.15, -0.1) is 0 Å². The highest BCUT2D eigenvalue weighted by Gasteiger charge is 2.67. The number of likely N-dealkylation sites (tertiary alicyclic amines) is 1. The minimum absolute atomic E-state index is 0.0529. The van der Waals surface area contributed by atoms with Crippen LogP contribution in [0.5, 0.6) is 0 Å². The lowest BCUT2D eigenvalue weighted by atomic mass is 9.82. The van der Waals surface area contributed by atoms with Crippen molar-refractivity contribution in [3.63, 3.8) is 0 Å². The number of aliphatic hydroxyl groups excluding tert-OH is 1. The Labute approximate surface area is 277 Å². The molecule has 46 heavy (non-hydrogen) atoms. The summed E-state index contributed by atoms with van der Waals surface area (Å²) in [6.07, 6.45) is 5.22. The Balaban J connectivity index is 1.33. The van der Waals surface area contributed by atoms with Crippen LogP contribution in [0, 0.1) is 5.92 Å². The molecule has 0 unspecified atom stereocenters. The number of halogens is 2. The summed E-state index contributed by atoms with van der Waals surface area (Å²) in [4.78, 5) is 46.5. The van der Waals surface area contributed by atoms with Gasteiger partial charge in [0, 0.05) is 47.2 Å². The van der Waals surface area contributed by atoms with Gasteiger partial charge in [0.25, 0.3) is 5.91 Å². The number of hydrogen-bond acceptors (Lipinski definition) is 5. The van der Waals surface area contributed by atoms with E-state index in [1.165, 1.54) is 0 Å². The summed E-state index contributed by atoms with van der Waals surface area (Å²) in [6, 6.07) is 12.8. The van der Waals surface area contributed by atoms with Crippen LogP contribution in [-0.4, -0.2) is 68.0 Å². The van der Waals surface area contributed by atoms with E-state index in [4.69, 9.17) is 16.3 Å². The minimum atomic E-state index is -3.46. The van der Waals surface area contributed by atoms with E-state index in [1.54, 1.807) is 35.0 Å². The molecule has 11 heteroatoms. The third kappa shape index (κ3) is 5.91. The standard InChI is InChI=1S/C35H45ClFN3O5Si/c1-23-33(46(2,3)37)30(20-32(43)39-17-9-12-27(39)22-41)45-35(23)28-19-25(36)14-15-29(28)40(34(35)44)21-24-10-8-11-26(18-24)38-16-7-5-4-6-13-31(38)42/h8,10-11,14-15,18-19,23,27,30,33,41H,4-7,9,12-13,16-17,20-22H2,1-3H3/t23-,27+,30+,33-,35+/m1/s1. The van der Waals surface area contributed by atoms with Crippen LogP contribution in [-0.2, 0) is 31.3 Å². The van der Waals surface area contributed by atoms with Gasteiger partial charge in [0.05, 0.1) is 37.4 Å². The van der Waals surface area contributed by atoms with Gasteiger partial charge in [-0.3, -0.25) is 14.4 Å². The molecular formula is C35H45ClFN3O5Si. The van der Waals surface area contributed by atoms with E-state index in [1.807, 2.05) is 42.2 Å². The summed E-state index contributed by atoms with van der Waals surface area (Å²) in [5.41, 5.74) is 0.808. The number of hydrogen-bond donors (Lipinski definition) is 1. The zero-order valence-corrected chi connectivity index (χ0v) is 28.8. The molecular weight excluding hydrogens is 625 g/mol. The SMILES string of the molecule is C[C@@H]1[C@@H]([Si](C)(C)F)[C@H](CC(=O)N2CCC[C@H]2CO)O[C@@]12C(=O)N(Cc1cccc(N3CCCCCCC3=O)c1)c1ccc(Cl)cc12. The number of ether oxygens (including phenoxy) is 1. The summed E-state index contributed by atoms with van der Waals surface area (Å²) < 4.78 is 23.0. The number of amides is 3. The lowest BCUT2D eigenvalue weighted by molar-refractivity contribution is -0.150. The number of aliphatic hydroxyl groups is 1. The Kier molecular flexibility index (Phi) is 9.37. The normalized spacial score (nSPS) is 28.6. The second-order valence-corrected chi connectivity index (χ2v) is 18.2. The van der Waals surface area contributed by atoms with E-state index < -0.39 is 31.6 Å². The van der Waals surface area contributed by atoms with E-state index in [0.717, 1.165) is 49.8 Å². The fourth-order valence-corrected chi connectivity index (χ4v) is 11.1. The molecule has 1 N–H and O–H groups in total. The second-order valence-electron chi connectivity index (χ2n) is 14.0. The van der Waals surface area contributed by atoms with Crippen LogP contribution in [0.1, 0.15) is 69.4 Å². The molecule has 0 bridgehead atoms. The quantitative estimate of drug-likeness (QED) is 0.275. The molecule has 4 aliphatic rings. The average Bonchev–Trinajstić information content (AvgIpc) is 3.66. The number of anilines is 2. The maximum atomic E-state index is 16.2. The second kappa shape index (κ2) is 13.0. The molecule has 0 aliphatic carbocycles. The van der Waals surface area contributed by atoms with Gasteiger partial charge in [-0.05, 0) is 74.7 Å². The topological polar surface area (TPSA) is 90.4 Å². The molecule has 4 aliphatic heterocycles. The molecule has 3 fully saturated rings. The van der Waals surface area contributed by atoms with Gasteiger partial charge in [-0.2, -0.15) is 0 Å². The smallest absolute Gasteiger partial charge is 0.264 e. The predicted molar refractivity (Wildman–Crippen MR) is 179 cm³/mol. The first-order chi connectivity index (χ1) is 22.0. The van der Waals surface area contributed by atoms with Crippen molar-refractivity contribution < 1.29 is 28.3 Å². The van der Waals surface area contributed by atoms with Crippen LogP contribution in [0.25, 0.3) is 0 Å². The zero-order chi connectivity index (χ0) is 32.8. The van der Waals surface area contributed by atoms with Crippen LogP contribution in [0.2, 0.25) is 23.7 Å². The molecule has 4 heterocycles. The van der Waals surface area contributed by atoms with Crippen LogP contribution in [0.4, 0.5) is 15.5 Å². The monoisotopic (exact) mass is 669 g/mol.